The first-order valence-electron chi connectivity index (χ1n) is 7.95. The normalized spacial score (nSPS) is 39.0. The Bertz CT molecular complexity index is 577. The molecule has 2 fully saturated rings. The van der Waals surface area contributed by atoms with Gasteiger partial charge in [-0.25, -0.2) is 0 Å². The molecule has 1 aromatic rings. The van der Waals surface area contributed by atoms with Crippen molar-refractivity contribution in [3.63, 3.8) is 0 Å². The topological polar surface area (TPSA) is 37.3 Å². The Hall–Kier alpha value is -1.31. The van der Waals surface area contributed by atoms with E-state index in [2.05, 4.69) is 13.0 Å². The van der Waals surface area contributed by atoms with Crippen LogP contribution in [0, 0.1) is 17.3 Å². The molecule has 20 heavy (non-hydrogen) atoms. The molecule has 106 valence electrons. The molecule has 4 unspecified atom stereocenters. The first-order chi connectivity index (χ1) is 9.59. The first kappa shape index (κ1) is 12.4. The van der Waals surface area contributed by atoms with Gasteiger partial charge >= 0.3 is 0 Å². The summed E-state index contributed by atoms with van der Waals surface area (Å²) in [6.07, 6.45) is 6.34. The quantitative estimate of drug-likeness (QED) is 0.780. The van der Waals surface area contributed by atoms with Crippen LogP contribution in [-0.2, 0) is 11.2 Å². The molecule has 0 aliphatic heterocycles. The van der Waals surface area contributed by atoms with Crippen molar-refractivity contribution in [2.24, 2.45) is 17.3 Å². The van der Waals surface area contributed by atoms with Gasteiger partial charge in [0, 0.05) is 11.8 Å². The third kappa shape index (κ3) is 1.54. The van der Waals surface area contributed by atoms with Crippen molar-refractivity contribution >= 4 is 5.78 Å². The maximum Gasteiger partial charge on any atom is 0.139 e. The van der Waals surface area contributed by atoms with Crippen molar-refractivity contribution in [3.05, 3.63) is 29.3 Å². The Morgan fingerprint density at radius 2 is 2.05 bits per heavy atom. The number of aromatic hydroxyl groups is 1. The number of carbonyl (C=O) groups excluding carboxylic acids is 1. The van der Waals surface area contributed by atoms with Crippen molar-refractivity contribution in [2.45, 2.75) is 51.4 Å². The zero-order valence-corrected chi connectivity index (χ0v) is 12.1. The van der Waals surface area contributed by atoms with Crippen molar-refractivity contribution in [1.29, 1.82) is 0 Å². The molecule has 3 aliphatic carbocycles. The molecule has 2 saturated carbocycles. The predicted molar refractivity (Wildman–Crippen MR) is 77.7 cm³/mol. The molecule has 0 saturated heterocycles. The zero-order chi connectivity index (χ0) is 13.9. The average Bonchev–Trinajstić information content (AvgIpc) is 2.74. The van der Waals surface area contributed by atoms with E-state index in [1.807, 2.05) is 12.1 Å². The van der Waals surface area contributed by atoms with E-state index in [1.54, 1.807) is 0 Å². The summed E-state index contributed by atoms with van der Waals surface area (Å²) in [4.78, 5) is 12.3. The lowest BCUT2D eigenvalue weighted by molar-refractivity contribution is -0.129. The van der Waals surface area contributed by atoms with Gasteiger partial charge in [-0.2, -0.15) is 0 Å². The fraction of sp³-hybridized carbons (Fsp3) is 0.611. The van der Waals surface area contributed by atoms with Crippen LogP contribution in [0.15, 0.2) is 18.2 Å². The van der Waals surface area contributed by atoms with Crippen LogP contribution in [0.2, 0.25) is 0 Å². The maximum absolute atomic E-state index is 12.3. The summed E-state index contributed by atoms with van der Waals surface area (Å²) in [5, 5.41) is 9.67. The van der Waals surface area contributed by atoms with Gasteiger partial charge in [-0.15, -0.1) is 0 Å². The molecule has 1 N–H and O–H groups in total. The number of phenols is 1. The SMILES string of the molecule is CC12CCC3c4c[13cH][13c](O)[13cH]c4CCC3C1CCC2=O. The standard InChI is InChI=1S/C18H22O2/c1-18-9-8-14-13-5-3-12(19)10-11(13)2-4-15(14)16(18)6-7-17(18)20/h3,5,10,14-16,19H,2,4,6-9H2,1H3/i3+1,10+1,12+1. The second-order valence-electron chi connectivity index (χ2n) is 7.22. The van der Waals surface area contributed by atoms with E-state index in [-0.39, 0.29) is 5.41 Å². The van der Waals surface area contributed by atoms with Crippen LogP contribution in [0.3, 0.4) is 0 Å². The maximum atomic E-state index is 12.3. The van der Waals surface area contributed by atoms with Gasteiger partial charge < -0.3 is 5.11 Å². The molecule has 0 heterocycles. The van der Waals surface area contributed by atoms with Crippen LogP contribution in [0.4, 0.5) is 0 Å². The van der Waals surface area contributed by atoms with Gasteiger partial charge in [-0.1, -0.05) is 13.0 Å². The molecule has 2 heteroatoms. The minimum absolute atomic E-state index is 0.0322. The summed E-state index contributed by atoms with van der Waals surface area (Å²) in [5.74, 6) is 2.78. The second kappa shape index (κ2) is 4.09. The molecule has 2 nitrogen and oxygen atoms in total. The Morgan fingerprint density at radius 1 is 1.20 bits per heavy atom. The number of Topliss-reactive ketones (excluding diaryl/α,β-unsaturated/α-hetero) is 1. The highest BCUT2D eigenvalue weighted by atomic mass is 16.3. The molecule has 1 aromatic carbocycles. The number of rotatable bonds is 0. The summed E-state index contributed by atoms with van der Waals surface area (Å²) in [6.45, 7) is 2.22. The summed E-state index contributed by atoms with van der Waals surface area (Å²) >= 11 is 0. The van der Waals surface area contributed by atoms with Crippen LogP contribution in [0.5, 0.6) is 5.75 Å². The highest BCUT2D eigenvalue weighted by Gasteiger charge is 2.54. The molecule has 0 amide bonds. The van der Waals surface area contributed by atoms with E-state index < -0.39 is 0 Å². The molecule has 0 aromatic heterocycles. The van der Waals surface area contributed by atoms with Gasteiger partial charge in [0.1, 0.15) is 11.5 Å². The van der Waals surface area contributed by atoms with Crippen LogP contribution in [-0.4, -0.2) is 10.9 Å². The summed E-state index contributed by atoms with van der Waals surface area (Å²) in [6, 6.07) is 5.90. The number of hydrogen-bond donors (Lipinski definition) is 1. The lowest BCUT2D eigenvalue weighted by Gasteiger charge is -2.48. The van der Waals surface area contributed by atoms with Gasteiger partial charge in [0.2, 0.25) is 0 Å². The molecule has 0 spiro atoms. The third-order valence-corrected chi connectivity index (χ3v) is 6.42. The molecule has 0 bridgehead atoms. The minimum atomic E-state index is -0.0322. The number of hydrogen-bond acceptors (Lipinski definition) is 2. The molecule has 4 atom stereocenters. The number of ketones is 1. The Balaban J connectivity index is 1.73. The predicted octanol–water partition coefficient (Wildman–Crippen LogP) is 3.82. The number of carbonyl (C=O) groups is 1. The van der Waals surface area contributed by atoms with E-state index in [0.717, 1.165) is 32.1 Å². The van der Waals surface area contributed by atoms with Crippen molar-refractivity contribution < 1.29 is 9.90 Å². The van der Waals surface area contributed by atoms with Crippen LogP contribution >= 0.6 is 0 Å². The van der Waals surface area contributed by atoms with E-state index in [1.165, 1.54) is 17.5 Å². The van der Waals surface area contributed by atoms with Crippen LogP contribution in [0.25, 0.3) is 0 Å². The fourth-order valence-electron chi connectivity index (χ4n) is 5.34. The van der Waals surface area contributed by atoms with Crippen molar-refractivity contribution in [2.75, 3.05) is 0 Å². The van der Waals surface area contributed by atoms with Gasteiger partial charge in [0.15, 0.2) is 0 Å². The number of aryl methyl sites for hydroxylation is 1. The van der Waals surface area contributed by atoms with Gasteiger partial charge in [-0.3, -0.25) is 4.79 Å². The van der Waals surface area contributed by atoms with Crippen molar-refractivity contribution in [3.8, 4) is 5.75 Å². The van der Waals surface area contributed by atoms with E-state index >= 15 is 0 Å². The minimum Gasteiger partial charge on any atom is -0.508 e. The molecule has 3 aliphatic rings. The first-order valence-corrected chi connectivity index (χ1v) is 7.95. The second-order valence-corrected chi connectivity index (χ2v) is 7.22. The molecule has 0 radical (unpaired) electrons. The monoisotopic (exact) mass is 273 g/mol. The van der Waals surface area contributed by atoms with E-state index in [0.29, 0.717) is 29.3 Å². The van der Waals surface area contributed by atoms with Gasteiger partial charge in [0.05, 0.1) is 0 Å². The Morgan fingerprint density at radius 3 is 2.90 bits per heavy atom. The highest BCUT2D eigenvalue weighted by Crippen LogP contribution is 2.59. The van der Waals surface area contributed by atoms with Crippen molar-refractivity contribution in [1.82, 2.24) is 0 Å². The lowest BCUT2D eigenvalue weighted by Crippen LogP contribution is -2.42. The molecule has 4 rings (SSSR count). The zero-order valence-electron chi connectivity index (χ0n) is 12.1. The largest absolute Gasteiger partial charge is 0.508 e. The average molecular weight is 273 g/mol. The van der Waals surface area contributed by atoms with E-state index in [4.69, 9.17) is 0 Å². The highest BCUT2D eigenvalue weighted by molar-refractivity contribution is 5.87. The number of phenolic OH excluding ortho intramolecular Hbond substituents is 1. The number of benzene rings is 1. The van der Waals surface area contributed by atoms with Gasteiger partial charge in [0.25, 0.3) is 0 Å². The summed E-state index contributed by atoms with van der Waals surface area (Å²) < 4.78 is 0. The Kier molecular flexibility index (Phi) is 2.55. The number of fused-ring (bicyclic) bond motifs is 5. The third-order valence-electron chi connectivity index (χ3n) is 6.42. The lowest BCUT2D eigenvalue weighted by atomic mass is 9.56. The smallest absolute Gasteiger partial charge is 0.139 e. The molecular formula is C18H22O2. The van der Waals surface area contributed by atoms with Crippen LogP contribution in [0.1, 0.15) is 56.1 Å². The van der Waals surface area contributed by atoms with E-state index in [9.17, 15) is 9.90 Å². The van der Waals surface area contributed by atoms with Crippen LogP contribution < -0.4 is 0 Å². The fourth-order valence-corrected chi connectivity index (χ4v) is 5.34. The molecular weight excluding hydrogens is 251 g/mol. The Labute approximate surface area is 120 Å². The van der Waals surface area contributed by atoms with Gasteiger partial charge in [-0.05, 0) is 73.1 Å². The summed E-state index contributed by atoms with van der Waals surface area (Å²) in [7, 11) is 0. The summed E-state index contributed by atoms with van der Waals surface area (Å²) in [5.41, 5.74) is 2.75.